The van der Waals surface area contributed by atoms with Gasteiger partial charge in [-0.2, -0.15) is 0 Å². The number of aryl methyl sites for hydroxylation is 1. The van der Waals surface area contributed by atoms with Crippen LogP contribution in [0, 0.1) is 0 Å². The molecule has 1 aromatic heterocycles. The lowest BCUT2D eigenvalue weighted by Gasteiger charge is -2.16. The lowest BCUT2D eigenvalue weighted by molar-refractivity contribution is 0.620. The van der Waals surface area contributed by atoms with Gasteiger partial charge in [0.1, 0.15) is 0 Å². The Bertz CT molecular complexity index is 511. The van der Waals surface area contributed by atoms with Crippen molar-refractivity contribution in [2.75, 3.05) is 0 Å². The van der Waals surface area contributed by atoms with Crippen LogP contribution in [0.4, 0.5) is 0 Å². The number of hydrazine groups is 1. The second kappa shape index (κ2) is 6.09. The van der Waals surface area contributed by atoms with E-state index >= 15 is 0 Å². The van der Waals surface area contributed by atoms with Gasteiger partial charge in [0.2, 0.25) is 0 Å². The first kappa shape index (κ1) is 13.2. The van der Waals surface area contributed by atoms with Gasteiger partial charge >= 0.3 is 0 Å². The minimum absolute atomic E-state index is 0.0791. The molecular weight excluding hydrogens is 290 g/mol. The molecule has 0 amide bonds. The van der Waals surface area contributed by atoms with Crippen LogP contribution in [0.25, 0.3) is 0 Å². The normalized spacial score (nSPS) is 12.4. The highest BCUT2D eigenvalue weighted by Gasteiger charge is 2.13. The molecule has 1 atom stereocenters. The zero-order valence-electron chi connectivity index (χ0n) is 10.2. The molecular formula is C14H16BrN3. The number of halogens is 1. The Morgan fingerprint density at radius 3 is 2.78 bits per heavy atom. The van der Waals surface area contributed by atoms with Gasteiger partial charge in [-0.05, 0) is 45.6 Å². The number of aromatic nitrogens is 1. The number of benzene rings is 1. The number of rotatable bonds is 4. The number of pyridine rings is 1. The van der Waals surface area contributed by atoms with Gasteiger partial charge in [-0.15, -0.1) is 0 Å². The first-order valence-corrected chi connectivity index (χ1v) is 6.70. The topological polar surface area (TPSA) is 50.9 Å². The fraction of sp³-hybridized carbons (Fsp3) is 0.214. The lowest BCUT2D eigenvalue weighted by atomic mass is 10.0. The van der Waals surface area contributed by atoms with Gasteiger partial charge in [0, 0.05) is 10.7 Å². The predicted molar refractivity (Wildman–Crippen MR) is 76.9 cm³/mol. The van der Waals surface area contributed by atoms with Crippen LogP contribution in [0.3, 0.4) is 0 Å². The maximum atomic E-state index is 5.66. The summed E-state index contributed by atoms with van der Waals surface area (Å²) >= 11 is 3.38. The van der Waals surface area contributed by atoms with Crippen LogP contribution in [0.2, 0.25) is 0 Å². The zero-order chi connectivity index (χ0) is 13.0. The highest BCUT2D eigenvalue weighted by molar-refractivity contribution is 9.10. The van der Waals surface area contributed by atoms with Crippen LogP contribution < -0.4 is 11.3 Å². The van der Waals surface area contributed by atoms with Crippen LogP contribution in [0.5, 0.6) is 0 Å². The fourth-order valence-electron chi connectivity index (χ4n) is 1.90. The van der Waals surface area contributed by atoms with Crippen LogP contribution in [0.1, 0.15) is 29.8 Å². The Hall–Kier alpha value is -1.23. The van der Waals surface area contributed by atoms with E-state index in [0.717, 1.165) is 22.2 Å². The molecule has 0 bridgehead atoms. The molecule has 0 fully saturated rings. The molecule has 0 aliphatic heterocycles. The van der Waals surface area contributed by atoms with E-state index in [1.54, 1.807) is 6.20 Å². The molecule has 3 N–H and O–H groups in total. The average molecular weight is 306 g/mol. The summed E-state index contributed by atoms with van der Waals surface area (Å²) in [7, 11) is 0. The summed E-state index contributed by atoms with van der Waals surface area (Å²) < 4.78 is 0.962. The Kier molecular flexibility index (Phi) is 4.47. The van der Waals surface area contributed by atoms with Crippen molar-refractivity contribution < 1.29 is 0 Å². The Morgan fingerprint density at radius 1 is 1.33 bits per heavy atom. The molecule has 0 aliphatic carbocycles. The molecule has 0 saturated heterocycles. The Balaban J connectivity index is 2.35. The minimum atomic E-state index is -0.0791. The van der Waals surface area contributed by atoms with Gasteiger partial charge < -0.3 is 0 Å². The van der Waals surface area contributed by atoms with Gasteiger partial charge in [0.05, 0.1) is 11.7 Å². The molecule has 0 aliphatic rings. The van der Waals surface area contributed by atoms with E-state index in [2.05, 4.69) is 57.5 Å². The molecule has 18 heavy (non-hydrogen) atoms. The summed E-state index contributed by atoms with van der Waals surface area (Å²) in [6, 6.07) is 12.2. The summed E-state index contributed by atoms with van der Waals surface area (Å²) in [4.78, 5) is 4.39. The minimum Gasteiger partial charge on any atom is -0.271 e. The second-order valence-corrected chi connectivity index (χ2v) is 5.02. The Labute approximate surface area is 116 Å². The number of nitrogens with two attached hydrogens (primary N) is 1. The molecule has 94 valence electrons. The highest BCUT2D eigenvalue weighted by atomic mass is 79.9. The van der Waals surface area contributed by atoms with Crippen LogP contribution in [-0.2, 0) is 6.42 Å². The van der Waals surface area contributed by atoms with Crippen molar-refractivity contribution in [2.24, 2.45) is 5.84 Å². The van der Waals surface area contributed by atoms with Gasteiger partial charge in [-0.1, -0.05) is 31.2 Å². The van der Waals surface area contributed by atoms with E-state index in [1.165, 1.54) is 5.56 Å². The molecule has 1 heterocycles. The third kappa shape index (κ3) is 2.96. The van der Waals surface area contributed by atoms with Crippen LogP contribution in [0.15, 0.2) is 47.1 Å². The van der Waals surface area contributed by atoms with E-state index in [0.29, 0.717) is 0 Å². The van der Waals surface area contributed by atoms with Crippen molar-refractivity contribution in [2.45, 2.75) is 19.4 Å². The summed E-state index contributed by atoms with van der Waals surface area (Å²) in [5.41, 5.74) is 6.17. The maximum Gasteiger partial charge on any atom is 0.0881 e. The molecule has 0 spiro atoms. The molecule has 0 radical (unpaired) electrons. The molecule has 2 aromatic rings. The molecule has 3 nitrogen and oxygen atoms in total. The summed E-state index contributed by atoms with van der Waals surface area (Å²) in [5.74, 6) is 5.66. The van der Waals surface area contributed by atoms with Crippen molar-refractivity contribution in [3.63, 3.8) is 0 Å². The molecule has 0 saturated carbocycles. The van der Waals surface area contributed by atoms with Crippen molar-refractivity contribution >= 4 is 15.9 Å². The van der Waals surface area contributed by atoms with Crippen LogP contribution >= 0.6 is 15.9 Å². The first-order chi connectivity index (χ1) is 8.74. The monoisotopic (exact) mass is 305 g/mol. The van der Waals surface area contributed by atoms with Crippen molar-refractivity contribution in [3.8, 4) is 0 Å². The number of hydrogen-bond donors (Lipinski definition) is 2. The Morgan fingerprint density at radius 2 is 2.17 bits per heavy atom. The van der Waals surface area contributed by atoms with Gasteiger partial charge in [-0.25, -0.2) is 5.43 Å². The smallest absolute Gasteiger partial charge is 0.0881 e. The van der Waals surface area contributed by atoms with E-state index in [-0.39, 0.29) is 6.04 Å². The van der Waals surface area contributed by atoms with Gasteiger partial charge in [-0.3, -0.25) is 10.8 Å². The van der Waals surface area contributed by atoms with Gasteiger partial charge in [0.15, 0.2) is 0 Å². The standard InChI is InChI=1S/C14H16BrN3/c1-2-10-4-3-5-11(8-10)14(18-16)13-7-6-12(15)9-17-13/h3-9,14,18H,2,16H2,1H3. The highest BCUT2D eigenvalue weighted by Crippen LogP contribution is 2.21. The lowest BCUT2D eigenvalue weighted by Crippen LogP contribution is -2.29. The third-order valence-electron chi connectivity index (χ3n) is 2.91. The average Bonchev–Trinajstić information content (AvgIpc) is 2.42. The third-order valence-corrected chi connectivity index (χ3v) is 3.37. The summed E-state index contributed by atoms with van der Waals surface area (Å²) in [6.07, 6.45) is 2.79. The quantitative estimate of drug-likeness (QED) is 0.674. The predicted octanol–water partition coefficient (Wildman–Crippen LogP) is 2.96. The van der Waals surface area contributed by atoms with Crippen molar-refractivity contribution in [3.05, 3.63) is 63.9 Å². The molecule has 4 heteroatoms. The van der Waals surface area contributed by atoms with Gasteiger partial charge in [0.25, 0.3) is 0 Å². The fourth-order valence-corrected chi connectivity index (χ4v) is 2.14. The molecule has 2 rings (SSSR count). The van der Waals surface area contributed by atoms with E-state index in [4.69, 9.17) is 5.84 Å². The second-order valence-electron chi connectivity index (χ2n) is 4.10. The zero-order valence-corrected chi connectivity index (χ0v) is 11.8. The van der Waals surface area contributed by atoms with Crippen molar-refractivity contribution in [1.29, 1.82) is 0 Å². The number of nitrogens with one attached hydrogen (secondary N) is 1. The maximum absolute atomic E-state index is 5.66. The van der Waals surface area contributed by atoms with Crippen LogP contribution in [-0.4, -0.2) is 4.98 Å². The molecule has 1 aromatic carbocycles. The number of hydrogen-bond acceptors (Lipinski definition) is 3. The van der Waals surface area contributed by atoms with E-state index in [9.17, 15) is 0 Å². The first-order valence-electron chi connectivity index (χ1n) is 5.91. The summed E-state index contributed by atoms with van der Waals surface area (Å²) in [5, 5.41) is 0. The number of nitrogens with zero attached hydrogens (tertiary/aromatic N) is 1. The summed E-state index contributed by atoms with van der Waals surface area (Å²) in [6.45, 7) is 2.14. The van der Waals surface area contributed by atoms with Crippen molar-refractivity contribution in [1.82, 2.24) is 10.4 Å². The van der Waals surface area contributed by atoms with E-state index < -0.39 is 0 Å². The molecule has 1 unspecified atom stereocenters. The SMILES string of the molecule is CCc1cccc(C(NN)c2ccc(Br)cn2)c1. The largest absolute Gasteiger partial charge is 0.271 e. The van der Waals surface area contributed by atoms with E-state index in [1.807, 2.05) is 12.1 Å².